The van der Waals surface area contributed by atoms with Crippen molar-refractivity contribution in [2.45, 2.75) is 46.1 Å². The first-order valence-corrected chi connectivity index (χ1v) is 7.14. The molecule has 0 amide bonds. The molecule has 1 saturated heterocycles. The number of anilines is 2. The van der Waals surface area contributed by atoms with E-state index in [2.05, 4.69) is 34.4 Å². The molecule has 2 N–H and O–H groups in total. The van der Waals surface area contributed by atoms with Crippen LogP contribution in [0, 0.1) is 13.8 Å². The van der Waals surface area contributed by atoms with E-state index in [9.17, 15) is 0 Å². The van der Waals surface area contributed by atoms with Gasteiger partial charge in [-0.2, -0.15) is 0 Å². The summed E-state index contributed by atoms with van der Waals surface area (Å²) in [7, 11) is 0. The number of nitrogens with one attached hydrogen (secondary N) is 2. The Balaban J connectivity index is 2.11. The highest BCUT2D eigenvalue weighted by atomic mass is 16.5. The van der Waals surface area contributed by atoms with Crippen molar-refractivity contribution in [3.63, 3.8) is 0 Å². The summed E-state index contributed by atoms with van der Waals surface area (Å²) in [4.78, 5) is 8.99. The minimum absolute atomic E-state index is 0.362. The maximum absolute atomic E-state index is 5.50. The molecule has 0 bridgehead atoms. The first-order chi connectivity index (χ1) is 9.20. The molecule has 2 heterocycles. The van der Waals surface area contributed by atoms with Crippen LogP contribution in [0.3, 0.4) is 0 Å². The molecule has 1 atom stereocenters. The molecule has 1 aromatic rings. The summed E-state index contributed by atoms with van der Waals surface area (Å²) < 4.78 is 5.50. The lowest BCUT2D eigenvalue weighted by Gasteiger charge is -2.25. The van der Waals surface area contributed by atoms with Crippen molar-refractivity contribution in [2.24, 2.45) is 0 Å². The third-order valence-electron chi connectivity index (χ3n) is 3.30. The number of hydrogen-bond acceptors (Lipinski definition) is 5. The third-order valence-corrected chi connectivity index (χ3v) is 3.30. The Morgan fingerprint density at radius 1 is 1.26 bits per heavy atom. The molecule has 1 fully saturated rings. The number of ether oxygens (including phenoxy) is 1. The standard InChI is InChI=1S/C14H24N4O/c1-4-7-15-13-10(2)14(17-11(3)16-13)18-12-6-5-8-19-9-12/h12H,4-9H2,1-3H3,(H2,15,16,17,18). The second kappa shape index (κ2) is 6.70. The van der Waals surface area contributed by atoms with E-state index in [4.69, 9.17) is 4.74 Å². The van der Waals surface area contributed by atoms with Crippen LogP contribution in [0.5, 0.6) is 0 Å². The van der Waals surface area contributed by atoms with E-state index in [0.29, 0.717) is 6.04 Å². The first-order valence-electron chi connectivity index (χ1n) is 7.14. The van der Waals surface area contributed by atoms with Gasteiger partial charge in [-0.15, -0.1) is 0 Å². The monoisotopic (exact) mass is 264 g/mol. The summed E-state index contributed by atoms with van der Waals surface area (Å²) in [6.07, 6.45) is 3.34. The Labute approximate surface area is 115 Å². The van der Waals surface area contributed by atoms with E-state index in [1.54, 1.807) is 0 Å². The quantitative estimate of drug-likeness (QED) is 0.855. The van der Waals surface area contributed by atoms with Gasteiger partial charge >= 0.3 is 0 Å². The fourth-order valence-corrected chi connectivity index (χ4v) is 2.23. The summed E-state index contributed by atoms with van der Waals surface area (Å²) in [6.45, 7) is 8.71. The van der Waals surface area contributed by atoms with Crippen molar-refractivity contribution in [3.8, 4) is 0 Å². The fraction of sp³-hybridized carbons (Fsp3) is 0.714. The maximum atomic E-state index is 5.50. The second-order valence-corrected chi connectivity index (χ2v) is 5.08. The smallest absolute Gasteiger partial charge is 0.135 e. The van der Waals surface area contributed by atoms with Crippen molar-refractivity contribution in [2.75, 3.05) is 30.4 Å². The van der Waals surface area contributed by atoms with E-state index in [1.165, 1.54) is 0 Å². The SMILES string of the molecule is CCCNc1nc(C)nc(NC2CCCOC2)c1C. The lowest BCUT2D eigenvalue weighted by atomic mass is 10.1. The van der Waals surface area contributed by atoms with Crippen LogP contribution in [-0.4, -0.2) is 35.8 Å². The highest BCUT2D eigenvalue weighted by molar-refractivity contribution is 5.57. The minimum atomic E-state index is 0.362. The predicted octanol–water partition coefficient (Wildman–Crippen LogP) is 2.51. The van der Waals surface area contributed by atoms with Gasteiger partial charge in [0.2, 0.25) is 0 Å². The number of nitrogens with zero attached hydrogens (tertiary/aromatic N) is 2. The molecule has 106 valence electrons. The van der Waals surface area contributed by atoms with Gasteiger partial charge in [0, 0.05) is 18.7 Å². The molecule has 2 rings (SSSR count). The molecule has 5 nitrogen and oxygen atoms in total. The van der Waals surface area contributed by atoms with E-state index in [0.717, 1.165) is 62.0 Å². The van der Waals surface area contributed by atoms with Crippen LogP contribution in [-0.2, 0) is 4.74 Å². The van der Waals surface area contributed by atoms with Crippen molar-refractivity contribution < 1.29 is 4.74 Å². The molecule has 0 aliphatic carbocycles. The van der Waals surface area contributed by atoms with Gasteiger partial charge in [-0.1, -0.05) is 6.92 Å². The van der Waals surface area contributed by atoms with Crippen LogP contribution in [0.25, 0.3) is 0 Å². The van der Waals surface area contributed by atoms with Gasteiger partial charge in [-0.3, -0.25) is 0 Å². The van der Waals surface area contributed by atoms with Crippen LogP contribution >= 0.6 is 0 Å². The van der Waals surface area contributed by atoms with Crippen LogP contribution in [0.1, 0.15) is 37.6 Å². The topological polar surface area (TPSA) is 59.1 Å². The second-order valence-electron chi connectivity index (χ2n) is 5.08. The predicted molar refractivity (Wildman–Crippen MR) is 77.8 cm³/mol. The molecule has 1 aliphatic rings. The highest BCUT2D eigenvalue weighted by Crippen LogP contribution is 2.22. The Hall–Kier alpha value is -1.36. The van der Waals surface area contributed by atoms with Gasteiger partial charge in [-0.25, -0.2) is 9.97 Å². The highest BCUT2D eigenvalue weighted by Gasteiger charge is 2.16. The van der Waals surface area contributed by atoms with E-state index >= 15 is 0 Å². The maximum Gasteiger partial charge on any atom is 0.135 e. The molecular formula is C14H24N4O. The molecular weight excluding hydrogens is 240 g/mol. The molecule has 0 saturated carbocycles. The van der Waals surface area contributed by atoms with Crippen LogP contribution in [0.4, 0.5) is 11.6 Å². The zero-order valence-electron chi connectivity index (χ0n) is 12.1. The molecule has 1 aromatic heterocycles. The summed E-state index contributed by atoms with van der Waals surface area (Å²) in [5, 5.41) is 6.85. The summed E-state index contributed by atoms with van der Waals surface area (Å²) in [6, 6.07) is 0.362. The normalized spacial score (nSPS) is 19.2. The molecule has 0 aromatic carbocycles. The minimum Gasteiger partial charge on any atom is -0.379 e. The van der Waals surface area contributed by atoms with Gasteiger partial charge in [0.25, 0.3) is 0 Å². The fourth-order valence-electron chi connectivity index (χ4n) is 2.23. The summed E-state index contributed by atoms with van der Waals surface area (Å²) >= 11 is 0. The van der Waals surface area contributed by atoms with Crippen molar-refractivity contribution in [3.05, 3.63) is 11.4 Å². The van der Waals surface area contributed by atoms with Crippen LogP contribution in [0.2, 0.25) is 0 Å². The number of aromatic nitrogens is 2. The molecule has 0 spiro atoms. The van der Waals surface area contributed by atoms with Crippen LogP contribution < -0.4 is 10.6 Å². The largest absolute Gasteiger partial charge is 0.379 e. The Kier molecular flexibility index (Phi) is 4.96. The van der Waals surface area contributed by atoms with E-state index in [1.807, 2.05) is 6.92 Å². The van der Waals surface area contributed by atoms with Gasteiger partial charge < -0.3 is 15.4 Å². The Morgan fingerprint density at radius 2 is 2.05 bits per heavy atom. The van der Waals surface area contributed by atoms with Crippen molar-refractivity contribution in [1.82, 2.24) is 9.97 Å². The van der Waals surface area contributed by atoms with Crippen LogP contribution in [0.15, 0.2) is 0 Å². The third kappa shape index (κ3) is 3.80. The number of hydrogen-bond donors (Lipinski definition) is 2. The zero-order valence-corrected chi connectivity index (χ0v) is 12.1. The summed E-state index contributed by atoms with van der Waals surface area (Å²) in [5.74, 6) is 2.67. The lowest BCUT2D eigenvalue weighted by Crippen LogP contribution is -2.31. The molecule has 1 unspecified atom stereocenters. The van der Waals surface area contributed by atoms with E-state index < -0.39 is 0 Å². The zero-order chi connectivity index (χ0) is 13.7. The first kappa shape index (κ1) is 14.1. The van der Waals surface area contributed by atoms with Gasteiger partial charge in [0.05, 0.1) is 12.6 Å². The van der Waals surface area contributed by atoms with Crippen molar-refractivity contribution in [1.29, 1.82) is 0 Å². The van der Waals surface area contributed by atoms with Crippen molar-refractivity contribution >= 4 is 11.6 Å². The number of rotatable bonds is 5. The lowest BCUT2D eigenvalue weighted by molar-refractivity contribution is 0.0875. The molecule has 5 heteroatoms. The summed E-state index contributed by atoms with van der Waals surface area (Å²) in [5.41, 5.74) is 1.09. The van der Waals surface area contributed by atoms with Gasteiger partial charge in [0.1, 0.15) is 17.5 Å². The van der Waals surface area contributed by atoms with Gasteiger partial charge in [-0.05, 0) is 33.1 Å². The average molecular weight is 264 g/mol. The van der Waals surface area contributed by atoms with E-state index in [-0.39, 0.29) is 0 Å². The molecule has 1 aliphatic heterocycles. The molecule has 19 heavy (non-hydrogen) atoms. The van der Waals surface area contributed by atoms with Gasteiger partial charge in [0.15, 0.2) is 0 Å². The molecule has 0 radical (unpaired) electrons. The Bertz CT molecular complexity index is 416. The average Bonchev–Trinajstić information content (AvgIpc) is 2.42. The number of aryl methyl sites for hydroxylation is 1. The Morgan fingerprint density at radius 3 is 2.74 bits per heavy atom.